The summed E-state index contributed by atoms with van der Waals surface area (Å²) >= 11 is 0. The summed E-state index contributed by atoms with van der Waals surface area (Å²) in [6, 6.07) is -1.16. The maximum Gasteiger partial charge on any atom is 0.322 e. The monoisotopic (exact) mass is 275 g/mol. The highest BCUT2D eigenvalue weighted by Gasteiger charge is 2.30. The van der Waals surface area contributed by atoms with E-state index in [1.165, 1.54) is 17.9 Å². The van der Waals surface area contributed by atoms with Crippen molar-refractivity contribution in [3.05, 3.63) is 11.8 Å². The Hall–Kier alpha value is -1.41. The molecule has 0 bridgehead atoms. The molecule has 0 saturated carbocycles. The Morgan fingerprint density at radius 3 is 2.39 bits per heavy atom. The van der Waals surface area contributed by atoms with Crippen LogP contribution in [0.25, 0.3) is 0 Å². The Morgan fingerprint density at radius 1 is 1.50 bits per heavy atom. The van der Waals surface area contributed by atoms with Crippen molar-refractivity contribution in [2.45, 2.75) is 31.8 Å². The molecule has 1 aromatic rings. The highest BCUT2D eigenvalue weighted by atomic mass is 32.2. The number of carboxylic acids is 1. The van der Waals surface area contributed by atoms with Crippen molar-refractivity contribution >= 4 is 16.0 Å². The van der Waals surface area contributed by atoms with Gasteiger partial charge >= 0.3 is 5.97 Å². The van der Waals surface area contributed by atoms with Gasteiger partial charge in [0.25, 0.3) is 10.0 Å². The molecule has 1 atom stereocenters. The van der Waals surface area contributed by atoms with Gasteiger partial charge < -0.3 is 5.11 Å². The minimum Gasteiger partial charge on any atom is -0.480 e. The third kappa shape index (κ3) is 2.88. The maximum atomic E-state index is 12.1. The molecular formula is C10H17N3O4S. The van der Waals surface area contributed by atoms with E-state index in [-0.39, 0.29) is 10.9 Å². The lowest BCUT2D eigenvalue weighted by Gasteiger charge is -2.18. The second-order valence-corrected chi connectivity index (χ2v) is 6.07. The maximum absolute atomic E-state index is 12.1. The smallest absolute Gasteiger partial charge is 0.322 e. The number of sulfonamides is 1. The molecule has 0 aliphatic rings. The summed E-state index contributed by atoms with van der Waals surface area (Å²) in [5, 5.41) is 12.8. The zero-order valence-corrected chi connectivity index (χ0v) is 11.5. The molecule has 0 saturated heterocycles. The summed E-state index contributed by atoms with van der Waals surface area (Å²) in [5.74, 6) is -1.56. The number of nitrogens with one attached hydrogen (secondary N) is 1. The number of carboxylic acid groups (broad SMARTS) is 1. The normalized spacial score (nSPS) is 13.8. The molecule has 0 radical (unpaired) electrons. The molecule has 0 aliphatic heterocycles. The second kappa shape index (κ2) is 5.07. The van der Waals surface area contributed by atoms with Crippen LogP contribution in [0.4, 0.5) is 0 Å². The van der Waals surface area contributed by atoms with Gasteiger partial charge in [-0.3, -0.25) is 9.48 Å². The van der Waals surface area contributed by atoms with Gasteiger partial charge in [0.2, 0.25) is 0 Å². The van der Waals surface area contributed by atoms with Crippen molar-refractivity contribution in [1.82, 2.24) is 14.5 Å². The van der Waals surface area contributed by atoms with Crippen LogP contribution in [0.2, 0.25) is 0 Å². The van der Waals surface area contributed by atoms with Gasteiger partial charge in [-0.15, -0.1) is 0 Å². The summed E-state index contributed by atoms with van der Waals surface area (Å²) in [5.41, 5.74) is 0.470. The molecule has 7 nitrogen and oxygen atoms in total. The summed E-state index contributed by atoms with van der Waals surface area (Å²) in [7, 11) is -2.41. The van der Waals surface area contributed by atoms with Crippen LogP contribution >= 0.6 is 0 Å². The first-order valence-corrected chi connectivity index (χ1v) is 6.89. The van der Waals surface area contributed by atoms with Crippen LogP contribution in [0.15, 0.2) is 11.2 Å². The minimum atomic E-state index is -3.90. The van der Waals surface area contributed by atoms with E-state index in [9.17, 15) is 13.2 Å². The number of carbonyl (C=O) groups is 1. The van der Waals surface area contributed by atoms with E-state index in [2.05, 4.69) is 9.82 Å². The Kier molecular flexibility index (Phi) is 4.12. The highest BCUT2D eigenvalue weighted by molar-refractivity contribution is 7.89. The number of nitrogens with zero attached hydrogens (tertiary/aromatic N) is 2. The first-order chi connectivity index (χ1) is 8.16. The molecule has 1 heterocycles. The lowest BCUT2D eigenvalue weighted by atomic mass is 10.1. The van der Waals surface area contributed by atoms with E-state index in [0.717, 1.165) is 0 Å². The first-order valence-electron chi connectivity index (χ1n) is 5.40. The van der Waals surface area contributed by atoms with Crippen molar-refractivity contribution in [1.29, 1.82) is 0 Å². The molecule has 0 aromatic carbocycles. The van der Waals surface area contributed by atoms with Crippen molar-refractivity contribution in [3.8, 4) is 0 Å². The van der Waals surface area contributed by atoms with Crippen LogP contribution in [0.3, 0.4) is 0 Å². The highest BCUT2D eigenvalue weighted by Crippen LogP contribution is 2.15. The second-order valence-electron chi connectivity index (χ2n) is 4.44. The Bertz CT molecular complexity index is 528. The van der Waals surface area contributed by atoms with Gasteiger partial charge in [-0.25, -0.2) is 8.42 Å². The van der Waals surface area contributed by atoms with E-state index >= 15 is 0 Å². The standard InChI is InChI=1S/C10H17N3O4S/c1-6(2)8(10(14)15)12-18(16,17)9-7(3)5-11-13(9)4/h5-6,8,12H,1-4H3,(H,14,15). The summed E-state index contributed by atoms with van der Waals surface area (Å²) in [6.07, 6.45) is 1.42. The summed E-state index contributed by atoms with van der Waals surface area (Å²) in [6.45, 7) is 4.88. The van der Waals surface area contributed by atoms with Crippen molar-refractivity contribution < 1.29 is 18.3 Å². The number of aliphatic carboxylic acids is 1. The van der Waals surface area contributed by atoms with Gasteiger partial charge in [0.15, 0.2) is 5.03 Å². The van der Waals surface area contributed by atoms with Crippen molar-refractivity contribution in [2.75, 3.05) is 0 Å². The molecule has 0 aliphatic carbocycles. The Balaban J connectivity index is 3.13. The van der Waals surface area contributed by atoms with Gasteiger partial charge in [-0.05, 0) is 12.8 Å². The van der Waals surface area contributed by atoms with E-state index < -0.39 is 22.0 Å². The SMILES string of the molecule is Cc1cnn(C)c1S(=O)(=O)NC(C(=O)O)C(C)C. The molecule has 1 rings (SSSR count). The van der Waals surface area contributed by atoms with Gasteiger partial charge in [-0.2, -0.15) is 9.82 Å². The van der Waals surface area contributed by atoms with Crippen LogP contribution in [0.5, 0.6) is 0 Å². The molecule has 2 N–H and O–H groups in total. The molecule has 18 heavy (non-hydrogen) atoms. The third-order valence-corrected chi connectivity index (χ3v) is 4.18. The van der Waals surface area contributed by atoms with Gasteiger partial charge in [0, 0.05) is 12.6 Å². The van der Waals surface area contributed by atoms with E-state index in [1.807, 2.05) is 0 Å². The topological polar surface area (TPSA) is 101 Å². The van der Waals surface area contributed by atoms with Gasteiger partial charge in [0.05, 0.1) is 6.20 Å². The largest absolute Gasteiger partial charge is 0.480 e. The van der Waals surface area contributed by atoms with Crippen LogP contribution in [0.1, 0.15) is 19.4 Å². The van der Waals surface area contributed by atoms with E-state index in [4.69, 9.17) is 5.11 Å². The summed E-state index contributed by atoms with van der Waals surface area (Å²) in [4.78, 5) is 11.0. The van der Waals surface area contributed by atoms with E-state index in [1.54, 1.807) is 20.8 Å². The molecule has 0 fully saturated rings. The molecule has 1 unspecified atom stereocenters. The third-order valence-electron chi connectivity index (χ3n) is 2.53. The van der Waals surface area contributed by atoms with Crippen LogP contribution in [-0.4, -0.2) is 35.3 Å². The predicted molar refractivity (Wildman–Crippen MR) is 64.5 cm³/mol. The Labute approximate surface area is 106 Å². The molecule has 1 aromatic heterocycles. The van der Waals surface area contributed by atoms with Crippen LogP contribution < -0.4 is 4.72 Å². The molecule has 8 heteroatoms. The number of hydrogen-bond acceptors (Lipinski definition) is 4. The number of rotatable bonds is 5. The van der Waals surface area contributed by atoms with Crippen LogP contribution in [0, 0.1) is 12.8 Å². The predicted octanol–water partition coefficient (Wildman–Crippen LogP) is 0.116. The molecule has 102 valence electrons. The minimum absolute atomic E-state index is 0.0191. The molecular weight excluding hydrogens is 258 g/mol. The lowest BCUT2D eigenvalue weighted by Crippen LogP contribution is -2.44. The number of hydrogen-bond donors (Lipinski definition) is 2. The average Bonchev–Trinajstić information content (AvgIpc) is 2.54. The zero-order chi connectivity index (χ0) is 14.1. The first kappa shape index (κ1) is 14.7. The van der Waals surface area contributed by atoms with Crippen molar-refractivity contribution in [2.24, 2.45) is 13.0 Å². The van der Waals surface area contributed by atoms with Crippen molar-refractivity contribution in [3.63, 3.8) is 0 Å². The molecule has 0 amide bonds. The zero-order valence-electron chi connectivity index (χ0n) is 10.7. The molecule has 0 spiro atoms. The fourth-order valence-electron chi connectivity index (χ4n) is 1.62. The summed E-state index contributed by atoms with van der Waals surface area (Å²) < 4.78 is 27.6. The van der Waals surface area contributed by atoms with Crippen LogP contribution in [-0.2, 0) is 21.9 Å². The number of aryl methyl sites for hydroxylation is 2. The van der Waals surface area contributed by atoms with Gasteiger partial charge in [-0.1, -0.05) is 13.8 Å². The fourth-order valence-corrected chi connectivity index (χ4v) is 3.31. The fraction of sp³-hybridized carbons (Fsp3) is 0.600. The van der Waals surface area contributed by atoms with E-state index in [0.29, 0.717) is 5.56 Å². The lowest BCUT2D eigenvalue weighted by molar-refractivity contribution is -0.140. The van der Waals surface area contributed by atoms with Gasteiger partial charge in [0.1, 0.15) is 6.04 Å². The number of aromatic nitrogens is 2. The quantitative estimate of drug-likeness (QED) is 0.794. The average molecular weight is 275 g/mol. The Morgan fingerprint density at radius 2 is 2.06 bits per heavy atom.